The van der Waals surface area contributed by atoms with Crippen molar-refractivity contribution >= 4 is 16.0 Å². The van der Waals surface area contributed by atoms with E-state index >= 15 is 0 Å². The Morgan fingerprint density at radius 1 is 1.12 bits per heavy atom. The second-order valence-corrected chi connectivity index (χ2v) is 7.51. The first-order chi connectivity index (χ1) is 12.5. The topological polar surface area (TPSA) is 96.7 Å². The van der Waals surface area contributed by atoms with Gasteiger partial charge < -0.3 is 9.47 Å². The van der Waals surface area contributed by atoms with Crippen LogP contribution in [0, 0.1) is 11.3 Å². The summed E-state index contributed by atoms with van der Waals surface area (Å²) in [5, 5.41) is 8.88. The molecule has 0 amide bonds. The minimum absolute atomic E-state index is 0.130. The Bertz CT molecular complexity index is 942. The number of sulfonamides is 1. The molecule has 1 saturated heterocycles. The molecule has 1 aliphatic heterocycles. The van der Waals surface area contributed by atoms with E-state index in [9.17, 15) is 13.2 Å². The van der Waals surface area contributed by atoms with Crippen molar-refractivity contribution in [2.75, 3.05) is 26.3 Å². The van der Waals surface area contributed by atoms with Crippen molar-refractivity contribution in [2.24, 2.45) is 0 Å². The summed E-state index contributed by atoms with van der Waals surface area (Å²) in [6.45, 7) is 1.37. The summed E-state index contributed by atoms with van der Waals surface area (Å²) >= 11 is 0. The molecule has 3 rings (SSSR count). The first-order valence-electron chi connectivity index (χ1n) is 7.91. The molecule has 0 atom stereocenters. The molecule has 0 spiro atoms. The number of rotatable bonds is 4. The third kappa shape index (κ3) is 3.91. The van der Waals surface area contributed by atoms with Gasteiger partial charge in [-0.1, -0.05) is 6.07 Å². The zero-order chi connectivity index (χ0) is 18.6. The van der Waals surface area contributed by atoms with Gasteiger partial charge in [0, 0.05) is 13.1 Å². The van der Waals surface area contributed by atoms with Gasteiger partial charge in [0.15, 0.2) is 0 Å². The van der Waals surface area contributed by atoms with Crippen LogP contribution in [0.15, 0.2) is 53.4 Å². The molecule has 0 radical (unpaired) electrons. The van der Waals surface area contributed by atoms with Gasteiger partial charge in [-0.15, -0.1) is 0 Å². The molecule has 7 nitrogen and oxygen atoms in total. The molecule has 8 heteroatoms. The van der Waals surface area contributed by atoms with E-state index in [0.29, 0.717) is 31.9 Å². The van der Waals surface area contributed by atoms with Crippen molar-refractivity contribution in [3.63, 3.8) is 0 Å². The van der Waals surface area contributed by atoms with Gasteiger partial charge in [0.1, 0.15) is 5.75 Å². The van der Waals surface area contributed by atoms with Crippen LogP contribution in [0.5, 0.6) is 5.75 Å². The zero-order valence-electron chi connectivity index (χ0n) is 13.8. The summed E-state index contributed by atoms with van der Waals surface area (Å²) < 4.78 is 36.9. The molecule has 2 aromatic rings. The Morgan fingerprint density at radius 2 is 1.81 bits per heavy atom. The van der Waals surface area contributed by atoms with Gasteiger partial charge in [-0.3, -0.25) is 0 Å². The number of carbonyl (C=O) groups excluding carboxylic acids is 1. The number of esters is 1. The summed E-state index contributed by atoms with van der Waals surface area (Å²) in [5.74, 6) is -0.399. The number of hydrogen-bond acceptors (Lipinski definition) is 6. The normalized spacial score (nSPS) is 15.2. The monoisotopic (exact) mass is 372 g/mol. The summed E-state index contributed by atoms with van der Waals surface area (Å²) in [7, 11) is -3.59. The van der Waals surface area contributed by atoms with Crippen LogP contribution in [0.4, 0.5) is 0 Å². The molecule has 2 aromatic carbocycles. The van der Waals surface area contributed by atoms with Crippen LogP contribution in [-0.4, -0.2) is 45.0 Å². The van der Waals surface area contributed by atoms with E-state index in [1.165, 1.54) is 34.6 Å². The molecule has 0 aromatic heterocycles. The van der Waals surface area contributed by atoms with Gasteiger partial charge >= 0.3 is 5.97 Å². The Labute approximate surface area is 151 Å². The molecule has 0 N–H and O–H groups in total. The minimum Gasteiger partial charge on any atom is -0.423 e. The first kappa shape index (κ1) is 18.1. The number of benzene rings is 2. The van der Waals surface area contributed by atoms with E-state index in [1.807, 2.05) is 6.07 Å². The summed E-state index contributed by atoms with van der Waals surface area (Å²) in [4.78, 5) is 12.3. The predicted octanol–water partition coefficient (Wildman–Crippen LogP) is 1.80. The Kier molecular flexibility index (Phi) is 5.32. The molecular formula is C18H16N2O5S. The lowest BCUT2D eigenvalue weighted by molar-refractivity contribution is 0.0728. The van der Waals surface area contributed by atoms with Crippen LogP contribution in [0.3, 0.4) is 0 Å². The fourth-order valence-electron chi connectivity index (χ4n) is 2.50. The van der Waals surface area contributed by atoms with E-state index in [0.717, 1.165) is 0 Å². The number of hydrogen-bond donors (Lipinski definition) is 0. The fourth-order valence-corrected chi connectivity index (χ4v) is 3.91. The van der Waals surface area contributed by atoms with E-state index < -0.39 is 16.0 Å². The van der Waals surface area contributed by atoms with Crippen LogP contribution in [-0.2, 0) is 14.8 Å². The van der Waals surface area contributed by atoms with E-state index in [4.69, 9.17) is 14.7 Å². The third-order valence-corrected chi connectivity index (χ3v) is 5.78. The molecular weight excluding hydrogens is 356 g/mol. The van der Waals surface area contributed by atoms with Crippen molar-refractivity contribution in [1.82, 2.24) is 4.31 Å². The van der Waals surface area contributed by atoms with Gasteiger partial charge in [0.25, 0.3) is 0 Å². The predicted molar refractivity (Wildman–Crippen MR) is 92.1 cm³/mol. The quantitative estimate of drug-likeness (QED) is 0.600. The summed E-state index contributed by atoms with van der Waals surface area (Å²) in [5.41, 5.74) is 0.598. The molecule has 134 valence electrons. The van der Waals surface area contributed by atoms with Gasteiger partial charge in [0.05, 0.1) is 35.3 Å². The number of ether oxygens (including phenoxy) is 2. The second kappa shape index (κ2) is 7.66. The summed E-state index contributed by atoms with van der Waals surface area (Å²) in [6, 6.07) is 13.8. The molecule has 1 aliphatic rings. The van der Waals surface area contributed by atoms with Crippen molar-refractivity contribution in [3.8, 4) is 11.8 Å². The van der Waals surface area contributed by atoms with Gasteiger partial charge in [0.2, 0.25) is 10.0 Å². The standard InChI is InChI=1S/C18H16N2O5S/c19-13-14-2-1-3-15(12-14)18(21)25-16-4-6-17(7-5-16)26(22,23)20-8-10-24-11-9-20/h1-7,12H,8-11H2. The molecule has 0 aliphatic carbocycles. The maximum atomic E-state index is 12.5. The molecule has 26 heavy (non-hydrogen) atoms. The van der Waals surface area contributed by atoms with Crippen molar-refractivity contribution in [1.29, 1.82) is 5.26 Å². The second-order valence-electron chi connectivity index (χ2n) is 5.57. The van der Waals surface area contributed by atoms with Crippen LogP contribution in [0.1, 0.15) is 15.9 Å². The van der Waals surface area contributed by atoms with Crippen molar-refractivity contribution < 1.29 is 22.7 Å². The van der Waals surface area contributed by atoms with Crippen LogP contribution >= 0.6 is 0 Å². The van der Waals surface area contributed by atoms with Crippen molar-refractivity contribution in [3.05, 3.63) is 59.7 Å². The molecule has 1 fully saturated rings. The highest BCUT2D eigenvalue weighted by Crippen LogP contribution is 2.21. The summed E-state index contributed by atoms with van der Waals surface area (Å²) in [6.07, 6.45) is 0. The highest BCUT2D eigenvalue weighted by atomic mass is 32.2. The van der Waals surface area contributed by atoms with Crippen LogP contribution in [0.25, 0.3) is 0 Å². The van der Waals surface area contributed by atoms with Crippen LogP contribution < -0.4 is 4.74 Å². The highest BCUT2D eigenvalue weighted by Gasteiger charge is 2.26. The van der Waals surface area contributed by atoms with E-state index in [-0.39, 0.29) is 16.2 Å². The number of carbonyl (C=O) groups is 1. The molecule has 0 saturated carbocycles. The average Bonchev–Trinajstić information content (AvgIpc) is 2.69. The highest BCUT2D eigenvalue weighted by molar-refractivity contribution is 7.89. The SMILES string of the molecule is N#Cc1cccc(C(=O)Oc2ccc(S(=O)(=O)N3CCOCC3)cc2)c1. The largest absolute Gasteiger partial charge is 0.423 e. The Hall–Kier alpha value is -2.73. The maximum absolute atomic E-state index is 12.5. The lowest BCUT2D eigenvalue weighted by Gasteiger charge is -2.26. The van der Waals surface area contributed by atoms with Crippen molar-refractivity contribution in [2.45, 2.75) is 4.90 Å². The first-order valence-corrected chi connectivity index (χ1v) is 9.35. The fraction of sp³-hybridized carbons (Fsp3) is 0.222. The lowest BCUT2D eigenvalue weighted by atomic mass is 10.1. The maximum Gasteiger partial charge on any atom is 0.343 e. The van der Waals surface area contributed by atoms with Crippen LogP contribution in [0.2, 0.25) is 0 Å². The lowest BCUT2D eigenvalue weighted by Crippen LogP contribution is -2.40. The number of nitriles is 1. The number of morpholine rings is 1. The number of nitrogens with zero attached hydrogens (tertiary/aromatic N) is 2. The van der Waals surface area contributed by atoms with E-state index in [2.05, 4.69) is 0 Å². The molecule has 0 bridgehead atoms. The molecule has 1 heterocycles. The Morgan fingerprint density at radius 3 is 2.46 bits per heavy atom. The smallest absolute Gasteiger partial charge is 0.343 e. The molecule has 0 unspecified atom stereocenters. The van der Waals surface area contributed by atoms with Gasteiger partial charge in [-0.05, 0) is 42.5 Å². The third-order valence-electron chi connectivity index (χ3n) is 3.87. The van der Waals surface area contributed by atoms with E-state index in [1.54, 1.807) is 18.2 Å². The zero-order valence-corrected chi connectivity index (χ0v) is 14.6. The minimum atomic E-state index is -3.59. The van der Waals surface area contributed by atoms with Gasteiger partial charge in [-0.25, -0.2) is 13.2 Å². The van der Waals surface area contributed by atoms with Gasteiger partial charge in [-0.2, -0.15) is 9.57 Å². The average molecular weight is 372 g/mol. The Balaban J connectivity index is 1.73.